The predicted octanol–water partition coefficient (Wildman–Crippen LogP) is 13.7. The lowest BCUT2D eigenvalue weighted by Crippen LogP contribution is -2.23. The molecule has 8 aromatic carbocycles. The molecule has 0 spiro atoms. The number of aromatic nitrogens is 3. The zero-order valence-electron chi connectivity index (χ0n) is 33.3. The van der Waals surface area contributed by atoms with Gasteiger partial charge in [0, 0.05) is 47.3 Å². The summed E-state index contributed by atoms with van der Waals surface area (Å²) < 4.78 is 9.03. The van der Waals surface area contributed by atoms with Gasteiger partial charge in [0.2, 0.25) is 0 Å². The highest BCUT2D eigenvalue weighted by atomic mass is 32.1. The Hall–Kier alpha value is -7.73. The molecule has 0 aliphatic heterocycles. The van der Waals surface area contributed by atoms with E-state index in [1.807, 2.05) is 18.2 Å². The molecular weight excluding hydrogens is 763 g/mol. The molecule has 11 rings (SSSR count). The summed E-state index contributed by atoms with van der Waals surface area (Å²) in [4.78, 5) is 16.2. The van der Waals surface area contributed by atoms with Gasteiger partial charge >= 0.3 is 0 Å². The van der Waals surface area contributed by atoms with Gasteiger partial charge in [0.15, 0.2) is 17.5 Å². The number of allylic oxidation sites excluding steroid dienone is 1. The summed E-state index contributed by atoms with van der Waals surface area (Å²) in [5.41, 5.74) is 10.8. The highest BCUT2D eigenvalue weighted by Gasteiger charge is 2.23. The van der Waals surface area contributed by atoms with Gasteiger partial charge in [0.25, 0.3) is 0 Å². The van der Waals surface area contributed by atoms with Gasteiger partial charge in [-0.1, -0.05) is 170 Å². The van der Waals surface area contributed by atoms with Crippen LogP contribution in [0.4, 0.5) is 0 Å². The van der Waals surface area contributed by atoms with Crippen molar-refractivity contribution < 1.29 is 4.42 Å². The Labute approximate surface area is 356 Å². The number of hydrogen-bond acceptors (Lipinski definition) is 5. The van der Waals surface area contributed by atoms with Crippen LogP contribution in [0.1, 0.15) is 12.7 Å². The van der Waals surface area contributed by atoms with Gasteiger partial charge in [0.05, 0.1) is 0 Å². The zero-order valence-corrected chi connectivity index (χ0v) is 34.2. The fourth-order valence-corrected chi connectivity index (χ4v) is 9.63. The van der Waals surface area contributed by atoms with Crippen LogP contribution in [0.15, 0.2) is 199 Å². The minimum atomic E-state index is 0.550. The Kier molecular flexibility index (Phi) is 9.02. The van der Waals surface area contributed by atoms with E-state index in [4.69, 9.17) is 19.4 Å². The summed E-state index contributed by atoms with van der Waals surface area (Å²) in [5.74, 6) is 1.67. The fourth-order valence-electron chi connectivity index (χ4n) is 8.53. The summed E-state index contributed by atoms with van der Waals surface area (Å²) in [7, 11) is 0. The highest BCUT2D eigenvalue weighted by Crippen LogP contribution is 2.43. The maximum atomic E-state index is 6.70. The average Bonchev–Trinajstić information content (AvgIpc) is 3.89. The van der Waals surface area contributed by atoms with Crippen molar-refractivity contribution >= 4 is 65.8 Å². The van der Waals surface area contributed by atoms with Gasteiger partial charge in [-0.2, -0.15) is 0 Å². The van der Waals surface area contributed by atoms with Gasteiger partial charge in [-0.3, -0.25) is 0 Å². The van der Waals surface area contributed by atoms with Crippen LogP contribution in [0.5, 0.6) is 0 Å². The van der Waals surface area contributed by atoms with Crippen molar-refractivity contribution in [2.24, 2.45) is 0 Å². The van der Waals surface area contributed by atoms with E-state index in [9.17, 15) is 0 Å². The first-order valence-electron chi connectivity index (χ1n) is 20.4. The Morgan fingerprint density at radius 1 is 0.525 bits per heavy atom. The Morgan fingerprint density at radius 2 is 1.10 bits per heavy atom. The van der Waals surface area contributed by atoms with E-state index in [-0.39, 0.29) is 0 Å². The smallest absolute Gasteiger partial charge is 0.165 e. The number of thiophene rings is 1. The number of nitrogens with zero attached hydrogens (tertiary/aromatic N) is 3. The minimum absolute atomic E-state index is 0.550. The molecule has 3 aromatic heterocycles. The molecule has 0 bridgehead atoms. The largest absolute Gasteiger partial charge is 0.456 e. The summed E-state index contributed by atoms with van der Waals surface area (Å²) >= 11 is 1.76. The van der Waals surface area contributed by atoms with Crippen LogP contribution in [0.2, 0.25) is 0 Å². The lowest BCUT2D eigenvalue weighted by Gasteiger charge is -2.14. The van der Waals surface area contributed by atoms with Crippen molar-refractivity contribution in [1.82, 2.24) is 15.0 Å². The minimum Gasteiger partial charge on any atom is -0.456 e. The molecule has 11 aromatic rings. The standard InChI is InChI=1S/C56H37N3OS/c1-3-43(51-45-21-13-14-22-50(45)61-49(51)4-2)55-57-54(40-29-25-38(26-30-40)36-17-9-6-10-18-36)58-56(59-55)53-44(39-27-23-37(24-28-39)35-15-7-5-8-16-35)31-32-47-52(53)46-33-41-19-11-12-20-42(41)34-48(46)60-47/h3-34H,1H2,2H3/b49-4+,51-43+. The number of fused-ring (bicyclic) bond motifs is 5. The Morgan fingerprint density at radius 3 is 1.77 bits per heavy atom. The van der Waals surface area contributed by atoms with Gasteiger partial charge in [-0.05, 0) is 81.4 Å². The van der Waals surface area contributed by atoms with E-state index < -0.39 is 0 Å². The molecular formula is C56H37N3OS. The number of rotatable bonds is 7. The molecule has 288 valence electrons. The van der Waals surface area contributed by atoms with E-state index in [0.29, 0.717) is 17.5 Å². The molecule has 3 heterocycles. The number of hydrogen-bond donors (Lipinski definition) is 0. The Bertz CT molecular complexity index is 3590. The van der Waals surface area contributed by atoms with E-state index in [1.165, 1.54) is 10.3 Å². The monoisotopic (exact) mass is 799 g/mol. The summed E-state index contributed by atoms with van der Waals surface area (Å²) in [6.07, 6.45) is 4.06. The quantitative estimate of drug-likeness (QED) is 0.161. The van der Waals surface area contributed by atoms with Crippen LogP contribution in [-0.4, -0.2) is 15.0 Å². The molecule has 0 aliphatic rings. The van der Waals surface area contributed by atoms with Crippen molar-refractivity contribution in [1.29, 1.82) is 0 Å². The van der Waals surface area contributed by atoms with Crippen molar-refractivity contribution in [3.63, 3.8) is 0 Å². The second kappa shape index (κ2) is 15.1. The molecule has 0 amide bonds. The van der Waals surface area contributed by atoms with Crippen LogP contribution in [0.25, 0.3) is 111 Å². The van der Waals surface area contributed by atoms with Crippen molar-refractivity contribution in [2.75, 3.05) is 0 Å². The summed E-state index contributed by atoms with van der Waals surface area (Å²) in [6, 6.07) is 63.6. The topological polar surface area (TPSA) is 51.8 Å². The average molecular weight is 800 g/mol. The third-order valence-electron chi connectivity index (χ3n) is 11.5. The molecule has 0 unspecified atom stereocenters. The molecule has 0 fully saturated rings. The molecule has 5 heteroatoms. The predicted molar refractivity (Wildman–Crippen MR) is 256 cm³/mol. The Balaban J connectivity index is 1.22. The first-order chi connectivity index (χ1) is 30.1. The molecule has 0 radical (unpaired) electrons. The molecule has 0 saturated heterocycles. The molecule has 61 heavy (non-hydrogen) atoms. The van der Waals surface area contributed by atoms with Crippen molar-refractivity contribution in [2.45, 2.75) is 6.92 Å². The van der Waals surface area contributed by atoms with Crippen LogP contribution < -0.4 is 9.75 Å². The summed E-state index contributed by atoms with van der Waals surface area (Å²) in [6.45, 7) is 6.45. The van der Waals surface area contributed by atoms with Crippen molar-refractivity contribution in [3.8, 4) is 56.2 Å². The first-order valence-corrected chi connectivity index (χ1v) is 21.2. The SMILES string of the molecule is C=C/C(c1nc(-c2ccc(-c3ccccc3)cc2)nc(-c2c(-c3ccc(-c4ccccc4)cc3)ccc3oc4cc5ccccc5cc4c23)n1)=c1\c(=C/C)sc2ccccc12. The highest BCUT2D eigenvalue weighted by molar-refractivity contribution is 7.17. The number of benzene rings is 8. The normalized spacial score (nSPS) is 12.4. The van der Waals surface area contributed by atoms with Crippen LogP contribution in [0.3, 0.4) is 0 Å². The van der Waals surface area contributed by atoms with Gasteiger partial charge < -0.3 is 4.42 Å². The third-order valence-corrected chi connectivity index (χ3v) is 12.8. The van der Waals surface area contributed by atoms with Gasteiger partial charge in [0.1, 0.15) is 11.2 Å². The third kappa shape index (κ3) is 6.44. The molecule has 0 saturated carbocycles. The van der Waals surface area contributed by atoms with Crippen molar-refractivity contribution in [3.05, 3.63) is 210 Å². The van der Waals surface area contributed by atoms with E-state index in [1.54, 1.807) is 11.3 Å². The lowest BCUT2D eigenvalue weighted by molar-refractivity contribution is 0.669. The van der Waals surface area contributed by atoms with E-state index >= 15 is 0 Å². The van der Waals surface area contributed by atoms with Crippen LogP contribution in [-0.2, 0) is 0 Å². The molecule has 0 aliphatic carbocycles. The lowest BCUT2D eigenvalue weighted by atomic mass is 9.93. The van der Waals surface area contributed by atoms with Gasteiger partial charge in [-0.25, -0.2) is 15.0 Å². The van der Waals surface area contributed by atoms with Crippen LogP contribution >= 0.6 is 11.3 Å². The van der Waals surface area contributed by atoms with E-state index in [0.717, 1.165) is 92.4 Å². The van der Waals surface area contributed by atoms with Gasteiger partial charge in [-0.15, -0.1) is 11.3 Å². The molecule has 0 N–H and O–H groups in total. The number of furan rings is 1. The maximum absolute atomic E-state index is 6.70. The molecule has 0 atom stereocenters. The first kappa shape index (κ1) is 36.4. The maximum Gasteiger partial charge on any atom is 0.165 e. The second-order valence-electron chi connectivity index (χ2n) is 15.1. The van der Waals surface area contributed by atoms with E-state index in [2.05, 4.69) is 189 Å². The van der Waals surface area contributed by atoms with Crippen LogP contribution in [0, 0.1) is 0 Å². The molecule has 4 nitrogen and oxygen atoms in total. The zero-order chi connectivity index (χ0) is 40.9. The fraction of sp³-hybridized carbons (Fsp3) is 0.0179. The second-order valence-corrected chi connectivity index (χ2v) is 16.2. The summed E-state index contributed by atoms with van der Waals surface area (Å²) in [5, 5.41) is 6.41.